The molecule has 128 valence electrons. The Morgan fingerprint density at radius 2 is 2.08 bits per heavy atom. The SMILES string of the molecule is CC(NC(=O)CN(C)C(C)c1cccc([N+](=O)[O-])c1)c1cccs1. The third-order valence-corrected chi connectivity index (χ3v) is 5.02. The summed E-state index contributed by atoms with van der Waals surface area (Å²) in [6.45, 7) is 4.10. The Kier molecular flexibility index (Phi) is 6.05. The Morgan fingerprint density at radius 3 is 2.71 bits per heavy atom. The van der Waals surface area contributed by atoms with E-state index in [0.29, 0.717) is 0 Å². The third kappa shape index (κ3) is 4.62. The first kappa shape index (κ1) is 18.1. The van der Waals surface area contributed by atoms with Crippen molar-refractivity contribution in [3.8, 4) is 0 Å². The number of nitro benzene ring substituents is 1. The van der Waals surface area contributed by atoms with Crippen LogP contribution in [0.5, 0.6) is 0 Å². The molecule has 1 aromatic heterocycles. The molecule has 2 aromatic rings. The van der Waals surface area contributed by atoms with E-state index in [-0.39, 0.29) is 30.2 Å². The van der Waals surface area contributed by atoms with Gasteiger partial charge in [-0.2, -0.15) is 0 Å². The smallest absolute Gasteiger partial charge is 0.269 e. The predicted octanol–water partition coefficient (Wildman–Crippen LogP) is 3.53. The van der Waals surface area contributed by atoms with Crippen molar-refractivity contribution in [3.63, 3.8) is 0 Å². The highest BCUT2D eigenvalue weighted by Gasteiger charge is 2.18. The molecule has 2 rings (SSSR count). The van der Waals surface area contributed by atoms with Crippen LogP contribution in [-0.4, -0.2) is 29.3 Å². The first-order valence-electron chi connectivity index (χ1n) is 7.66. The zero-order valence-electron chi connectivity index (χ0n) is 13.9. The lowest BCUT2D eigenvalue weighted by Crippen LogP contribution is -2.37. The van der Waals surface area contributed by atoms with E-state index in [1.54, 1.807) is 23.5 Å². The summed E-state index contributed by atoms with van der Waals surface area (Å²) in [7, 11) is 1.83. The second-order valence-corrected chi connectivity index (χ2v) is 6.73. The highest BCUT2D eigenvalue weighted by molar-refractivity contribution is 7.10. The van der Waals surface area contributed by atoms with Crippen LogP contribution in [0.4, 0.5) is 5.69 Å². The fourth-order valence-corrected chi connectivity index (χ4v) is 3.15. The highest BCUT2D eigenvalue weighted by atomic mass is 32.1. The summed E-state index contributed by atoms with van der Waals surface area (Å²) < 4.78 is 0. The van der Waals surface area contributed by atoms with Crippen LogP contribution in [0.2, 0.25) is 0 Å². The molecular formula is C17H21N3O3S. The van der Waals surface area contributed by atoms with E-state index in [1.165, 1.54) is 6.07 Å². The molecule has 0 bridgehead atoms. The molecule has 0 aliphatic rings. The van der Waals surface area contributed by atoms with Gasteiger partial charge in [0.05, 0.1) is 17.5 Å². The molecular weight excluding hydrogens is 326 g/mol. The maximum atomic E-state index is 12.2. The Bertz CT molecular complexity index is 703. The van der Waals surface area contributed by atoms with Crippen molar-refractivity contribution in [2.45, 2.75) is 25.9 Å². The zero-order valence-corrected chi connectivity index (χ0v) is 14.7. The average molecular weight is 347 g/mol. The topological polar surface area (TPSA) is 75.5 Å². The maximum absolute atomic E-state index is 12.2. The molecule has 2 unspecified atom stereocenters. The first-order chi connectivity index (χ1) is 11.4. The van der Waals surface area contributed by atoms with Gasteiger partial charge in [0.25, 0.3) is 5.69 Å². The van der Waals surface area contributed by atoms with Crippen molar-refractivity contribution in [3.05, 3.63) is 62.3 Å². The van der Waals surface area contributed by atoms with Crippen LogP contribution >= 0.6 is 11.3 Å². The molecule has 6 nitrogen and oxygen atoms in total. The first-order valence-corrected chi connectivity index (χ1v) is 8.53. The number of amides is 1. The second kappa shape index (κ2) is 8.03. The van der Waals surface area contributed by atoms with Crippen molar-refractivity contribution >= 4 is 22.9 Å². The number of likely N-dealkylation sites (N-methyl/N-ethyl adjacent to an activating group) is 1. The fourth-order valence-electron chi connectivity index (χ4n) is 2.41. The lowest BCUT2D eigenvalue weighted by molar-refractivity contribution is -0.384. The molecule has 1 heterocycles. The van der Waals surface area contributed by atoms with E-state index in [4.69, 9.17) is 0 Å². The predicted molar refractivity (Wildman–Crippen MR) is 95.0 cm³/mol. The standard InChI is InChI=1S/C17H21N3O3S/c1-12(16-8-5-9-24-16)18-17(21)11-19(3)13(2)14-6-4-7-15(10-14)20(22)23/h4-10,12-13H,11H2,1-3H3,(H,18,21). The van der Waals surface area contributed by atoms with Crippen LogP contribution in [0.15, 0.2) is 41.8 Å². The molecule has 2 atom stereocenters. The largest absolute Gasteiger partial charge is 0.348 e. The van der Waals surface area contributed by atoms with Crippen LogP contribution in [0.25, 0.3) is 0 Å². The van der Waals surface area contributed by atoms with Gasteiger partial charge in [0.15, 0.2) is 0 Å². The Balaban J connectivity index is 1.95. The van der Waals surface area contributed by atoms with Gasteiger partial charge in [-0.15, -0.1) is 11.3 Å². The van der Waals surface area contributed by atoms with E-state index in [1.807, 2.05) is 49.4 Å². The summed E-state index contributed by atoms with van der Waals surface area (Å²) in [5, 5.41) is 15.8. The number of nitro groups is 1. The van der Waals surface area contributed by atoms with Crippen molar-refractivity contribution in [1.29, 1.82) is 0 Å². The fraction of sp³-hybridized carbons (Fsp3) is 0.353. The van der Waals surface area contributed by atoms with Crippen molar-refractivity contribution < 1.29 is 9.72 Å². The van der Waals surface area contributed by atoms with E-state index >= 15 is 0 Å². The Hall–Kier alpha value is -2.25. The minimum absolute atomic E-state index is 0.0287. The summed E-state index contributed by atoms with van der Waals surface area (Å²) in [5.41, 5.74) is 0.870. The second-order valence-electron chi connectivity index (χ2n) is 5.75. The lowest BCUT2D eigenvalue weighted by atomic mass is 10.1. The molecule has 1 amide bonds. The number of nitrogens with zero attached hydrogens (tertiary/aromatic N) is 2. The van der Waals surface area contributed by atoms with E-state index in [0.717, 1.165) is 10.4 Å². The van der Waals surface area contributed by atoms with Gasteiger partial charge in [-0.1, -0.05) is 18.2 Å². The van der Waals surface area contributed by atoms with E-state index in [2.05, 4.69) is 5.32 Å². The maximum Gasteiger partial charge on any atom is 0.269 e. The molecule has 0 aliphatic carbocycles. The Morgan fingerprint density at radius 1 is 1.33 bits per heavy atom. The zero-order chi connectivity index (χ0) is 17.7. The third-order valence-electron chi connectivity index (χ3n) is 3.97. The molecule has 0 saturated carbocycles. The van der Waals surface area contributed by atoms with Crippen LogP contribution in [0, 0.1) is 10.1 Å². The summed E-state index contributed by atoms with van der Waals surface area (Å²) >= 11 is 1.61. The molecule has 1 N–H and O–H groups in total. The van der Waals surface area contributed by atoms with Gasteiger partial charge in [0, 0.05) is 23.1 Å². The quantitative estimate of drug-likeness (QED) is 0.614. The average Bonchev–Trinajstić information content (AvgIpc) is 3.08. The van der Waals surface area contributed by atoms with Crippen LogP contribution in [0.3, 0.4) is 0 Å². The molecule has 0 saturated heterocycles. The minimum Gasteiger partial charge on any atom is -0.348 e. The van der Waals surface area contributed by atoms with Crippen LogP contribution in [-0.2, 0) is 4.79 Å². The van der Waals surface area contributed by atoms with Crippen LogP contribution in [0.1, 0.15) is 36.4 Å². The normalized spacial score (nSPS) is 13.5. The number of benzene rings is 1. The number of carbonyl (C=O) groups is 1. The van der Waals surface area contributed by atoms with Crippen molar-refractivity contribution in [2.75, 3.05) is 13.6 Å². The minimum atomic E-state index is -0.411. The summed E-state index contributed by atoms with van der Waals surface area (Å²) in [6.07, 6.45) is 0. The van der Waals surface area contributed by atoms with Crippen molar-refractivity contribution in [2.24, 2.45) is 0 Å². The van der Waals surface area contributed by atoms with Gasteiger partial charge in [-0.3, -0.25) is 19.8 Å². The molecule has 24 heavy (non-hydrogen) atoms. The summed E-state index contributed by atoms with van der Waals surface area (Å²) in [5.74, 6) is -0.0734. The van der Waals surface area contributed by atoms with Gasteiger partial charge in [0.1, 0.15) is 0 Å². The number of hydrogen-bond donors (Lipinski definition) is 1. The summed E-state index contributed by atoms with van der Waals surface area (Å²) in [4.78, 5) is 25.7. The van der Waals surface area contributed by atoms with Crippen LogP contribution < -0.4 is 5.32 Å². The van der Waals surface area contributed by atoms with Gasteiger partial charge in [-0.25, -0.2) is 0 Å². The lowest BCUT2D eigenvalue weighted by Gasteiger charge is -2.25. The highest BCUT2D eigenvalue weighted by Crippen LogP contribution is 2.23. The number of thiophene rings is 1. The van der Waals surface area contributed by atoms with Crippen molar-refractivity contribution in [1.82, 2.24) is 10.2 Å². The molecule has 0 radical (unpaired) electrons. The Labute approximate surface area is 145 Å². The molecule has 1 aromatic carbocycles. The number of hydrogen-bond acceptors (Lipinski definition) is 5. The van der Waals surface area contributed by atoms with E-state index in [9.17, 15) is 14.9 Å². The number of carbonyl (C=O) groups excluding carboxylic acids is 1. The number of rotatable bonds is 7. The summed E-state index contributed by atoms with van der Waals surface area (Å²) in [6, 6.07) is 10.3. The molecule has 7 heteroatoms. The van der Waals surface area contributed by atoms with Gasteiger partial charge >= 0.3 is 0 Å². The van der Waals surface area contributed by atoms with Gasteiger partial charge in [-0.05, 0) is 37.9 Å². The van der Waals surface area contributed by atoms with Gasteiger partial charge < -0.3 is 5.32 Å². The molecule has 0 aliphatic heterocycles. The molecule has 0 fully saturated rings. The van der Waals surface area contributed by atoms with Gasteiger partial charge in [0.2, 0.25) is 5.91 Å². The van der Waals surface area contributed by atoms with E-state index < -0.39 is 4.92 Å². The number of nitrogens with one attached hydrogen (secondary N) is 1. The molecule has 0 spiro atoms. The monoisotopic (exact) mass is 347 g/mol. The number of non-ortho nitro benzene ring substituents is 1.